The molecule has 1 fully saturated rings. The highest BCUT2D eigenvalue weighted by atomic mass is 35.5. The summed E-state index contributed by atoms with van der Waals surface area (Å²) in [5.41, 5.74) is 0.599. The first-order valence-electron chi connectivity index (χ1n) is 9.88. The number of hydrogen-bond donors (Lipinski definition) is 1. The Morgan fingerprint density at radius 1 is 1.22 bits per heavy atom. The predicted molar refractivity (Wildman–Crippen MR) is 116 cm³/mol. The number of carbonyl (C=O) groups excluding carboxylic acids is 2. The molecule has 1 aromatic heterocycles. The minimum absolute atomic E-state index is 0.0832. The van der Waals surface area contributed by atoms with Gasteiger partial charge in [-0.3, -0.25) is 9.59 Å². The van der Waals surface area contributed by atoms with E-state index in [-0.39, 0.29) is 29.2 Å². The number of nitrogens with one attached hydrogen (secondary N) is 1. The van der Waals surface area contributed by atoms with Crippen LogP contribution in [0.3, 0.4) is 0 Å². The quantitative estimate of drug-likeness (QED) is 0.619. The lowest BCUT2D eigenvalue weighted by atomic mass is 9.96. The molecule has 0 aliphatic carbocycles. The Labute approximate surface area is 189 Å². The minimum Gasteiger partial charge on any atom is -0.493 e. The first kappa shape index (κ1) is 23.5. The average molecular weight is 466 g/mol. The van der Waals surface area contributed by atoms with Crippen LogP contribution in [0.15, 0.2) is 42.6 Å². The van der Waals surface area contributed by atoms with Crippen molar-refractivity contribution < 1.29 is 27.8 Å². The van der Waals surface area contributed by atoms with Crippen LogP contribution in [0.2, 0.25) is 5.02 Å². The van der Waals surface area contributed by atoms with Gasteiger partial charge in [-0.05, 0) is 48.7 Å². The number of piperidine rings is 1. The summed E-state index contributed by atoms with van der Waals surface area (Å²) in [6, 6.07) is 7.68. The van der Waals surface area contributed by atoms with Gasteiger partial charge in [-0.2, -0.15) is 8.78 Å². The third-order valence-corrected chi connectivity index (χ3v) is 5.20. The lowest BCUT2D eigenvalue weighted by Crippen LogP contribution is -2.40. The molecule has 0 saturated carbocycles. The molecule has 3 rings (SSSR count). The van der Waals surface area contributed by atoms with E-state index in [1.807, 2.05) is 0 Å². The summed E-state index contributed by atoms with van der Waals surface area (Å²) >= 11 is 5.79. The first-order chi connectivity index (χ1) is 15.4. The Hall–Kier alpha value is -3.20. The van der Waals surface area contributed by atoms with Crippen LogP contribution >= 0.6 is 11.6 Å². The van der Waals surface area contributed by atoms with Crippen LogP contribution in [0.4, 0.5) is 14.6 Å². The van der Waals surface area contributed by atoms with Crippen molar-refractivity contribution in [3.63, 3.8) is 0 Å². The normalized spacial score (nSPS) is 14.6. The van der Waals surface area contributed by atoms with Gasteiger partial charge in [0.15, 0.2) is 11.5 Å². The number of hydrogen-bond acceptors (Lipinski definition) is 5. The van der Waals surface area contributed by atoms with E-state index in [9.17, 15) is 18.4 Å². The van der Waals surface area contributed by atoms with Crippen molar-refractivity contribution in [2.45, 2.75) is 19.5 Å². The van der Waals surface area contributed by atoms with Crippen molar-refractivity contribution in [1.29, 1.82) is 0 Å². The van der Waals surface area contributed by atoms with Crippen molar-refractivity contribution in [2.75, 3.05) is 25.5 Å². The highest BCUT2D eigenvalue weighted by molar-refractivity contribution is 6.30. The molecule has 2 amide bonds. The standard InChI is InChI=1S/C22H22ClF2N3O4/c1-31-18-12-14(2-5-17(18)32-22(24)25)3-7-20(29)28-10-8-15(9-11-28)21(30)27-19-6-4-16(23)13-26-19/h2-7,12-13,15,22H,8-11H2,1H3,(H,26,27,30). The van der Waals surface area contributed by atoms with Gasteiger partial charge < -0.3 is 19.7 Å². The van der Waals surface area contributed by atoms with E-state index in [1.165, 1.54) is 31.5 Å². The maximum Gasteiger partial charge on any atom is 0.387 e. The molecule has 10 heteroatoms. The van der Waals surface area contributed by atoms with Crippen LogP contribution in [0.5, 0.6) is 11.5 Å². The fraction of sp³-hybridized carbons (Fsp3) is 0.318. The van der Waals surface area contributed by atoms with E-state index in [2.05, 4.69) is 15.0 Å². The predicted octanol–water partition coefficient (Wildman–Crippen LogP) is 4.24. The number of benzene rings is 1. The van der Waals surface area contributed by atoms with E-state index in [1.54, 1.807) is 29.2 Å². The van der Waals surface area contributed by atoms with Crippen molar-refractivity contribution in [3.05, 3.63) is 53.2 Å². The van der Waals surface area contributed by atoms with Gasteiger partial charge in [0, 0.05) is 31.3 Å². The lowest BCUT2D eigenvalue weighted by molar-refractivity contribution is -0.130. The molecule has 1 saturated heterocycles. The van der Waals surface area contributed by atoms with Crippen LogP contribution < -0.4 is 14.8 Å². The van der Waals surface area contributed by atoms with Crippen LogP contribution in [0, 0.1) is 5.92 Å². The number of halogens is 3. The maximum atomic E-state index is 12.5. The number of ether oxygens (including phenoxy) is 2. The summed E-state index contributed by atoms with van der Waals surface area (Å²) in [5, 5.41) is 3.25. The second-order valence-electron chi connectivity index (χ2n) is 7.07. The van der Waals surface area contributed by atoms with Gasteiger partial charge in [0.1, 0.15) is 5.82 Å². The Morgan fingerprint density at radius 3 is 2.59 bits per heavy atom. The summed E-state index contributed by atoms with van der Waals surface area (Å²) in [4.78, 5) is 30.6. The number of amides is 2. The molecule has 0 bridgehead atoms. The van der Waals surface area contributed by atoms with Crippen LogP contribution in [0.25, 0.3) is 6.08 Å². The number of anilines is 1. The van der Waals surface area contributed by atoms with Gasteiger partial charge in [0.25, 0.3) is 0 Å². The monoisotopic (exact) mass is 465 g/mol. The van der Waals surface area contributed by atoms with Crippen molar-refractivity contribution in [2.24, 2.45) is 5.92 Å². The molecule has 0 radical (unpaired) electrons. The molecule has 2 heterocycles. The van der Waals surface area contributed by atoms with Crippen LogP contribution in [-0.2, 0) is 9.59 Å². The molecule has 1 aliphatic heterocycles. The average Bonchev–Trinajstić information content (AvgIpc) is 2.79. The van der Waals surface area contributed by atoms with Crippen molar-refractivity contribution in [3.8, 4) is 11.5 Å². The topological polar surface area (TPSA) is 80.8 Å². The smallest absolute Gasteiger partial charge is 0.387 e. The Kier molecular flexibility index (Phi) is 7.99. The van der Waals surface area contributed by atoms with E-state index in [0.717, 1.165) is 0 Å². The van der Waals surface area contributed by atoms with Gasteiger partial charge in [0.2, 0.25) is 11.8 Å². The molecular weight excluding hydrogens is 444 g/mol. The van der Waals surface area contributed by atoms with E-state index >= 15 is 0 Å². The molecular formula is C22H22ClF2N3O4. The number of carbonyl (C=O) groups is 2. The third-order valence-electron chi connectivity index (χ3n) is 4.98. The Balaban J connectivity index is 1.52. The number of methoxy groups -OCH3 is 1. The number of alkyl halides is 2. The van der Waals surface area contributed by atoms with Gasteiger partial charge in [-0.1, -0.05) is 17.7 Å². The van der Waals surface area contributed by atoms with Gasteiger partial charge in [-0.25, -0.2) is 4.98 Å². The maximum absolute atomic E-state index is 12.5. The second kappa shape index (κ2) is 10.9. The molecule has 0 spiro atoms. The first-order valence-corrected chi connectivity index (χ1v) is 10.3. The largest absolute Gasteiger partial charge is 0.493 e. The van der Waals surface area contributed by atoms with Crippen LogP contribution in [-0.4, -0.2) is 48.5 Å². The zero-order valence-corrected chi connectivity index (χ0v) is 18.0. The van der Waals surface area contributed by atoms with E-state index in [4.69, 9.17) is 16.3 Å². The molecule has 170 valence electrons. The van der Waals surface area contributed by atoms with Gasteiger partial charge in [-0.15, -0.1) is 0 Å². The highest BCUT2D eigenvalue weighted by Gasteiger charge is 2.26. The lowest BCUT2D eigenvalue weighted by Gasteiger charge is -2.30. The number of pyridine rings is 1. The van der Waals surface area contributed by atoms with Gasteiger partial charge >= 0.3 is 6.61 Å². The molecule has 0 atom stereocenters. The van der Waals surface area contributed by atoms with E-state index < -0.39 is 6.61 Å². The SMILES string of the molecule is COc1cc(C=CC(=O)N2CCC(C(=O)Nc3ccc(Cl)cn3)CC2)ccc1OC(F)F. The molecule has 0 unspecified atom stereocenters. The summed E-state index contributed by atoms with van der Waals surface area (Å²) < 4.78 is 34.3. The van der Waals surface area contributed by atoms with E-state index in [0.29, 0.717) is 42.3 Å². The zero-order valence-electron chi connectivity index (χ0n) is 17.3. The molecule has 7 nitrogen and oxygen atoms in total. The summed E-state index contributed by atoms with van der Waals surface area (Å²) in [7, 11) is 1.34. The number of aromatic nitrogens is 1. The number of rotatable bonds is 7. The summed E-state index contributed by atoms with van der Waals surface area (Å²) in [5.74, 6) is -0.0637. The molecule has 1 N–H and O–H groups in total. The molecule has 32 heavy (non-hydrogen) atoms. The second-order valence-corrected chi connectivity index (χ2v) is 7.51. The molecule has 1 aromatic carbocycles. The summed E-state index contributed by atoms with van der Waals surface area (Å²) in [6.45, 7) is -2.07. The van der Waals surface area contributed by atoms with Crippen molar-refractivity contribution >= 4 is 35.3 Å². The Morgan fingerprint density at radius 2 is 1.97 bits per heavy atom. The molecule has 1 aliphatic rings. The highest BCUT2D eigenvalue weighted by Crippen LogP contribution is 2.30. The zero-order chi connectivity index (χ0) is 23.1. The minimum atomic E-state index is -2.96. The fourth-order valence-electron chi connectivity index (χ4n) is 3.29. The Bertz CT molecular complexity index is 978. The van der Waals surface area contributed by atoms with Crippen LogP contribution in [0.1, 0.15) is 18.4 Å². The van der Waals surface area contributed by atoms with Gasteiger partial charge in [0.05, 0.1) is 12.1 Å². The number of likely N-dealkylation sites (tertiary alicyclic amines) is 1. The van der Waals surface area contributed by atoms with Crippen molar-refractivity contribution in [1.82, 2.24) is 9.88 Å². The summed E-state index contributed by atoms with van der Waals surface area (Å²) in [6.07, 6.45) is 5.50. The molecule has 2 aromatic rings. The number of nitrogens with zero attached hydrogens (tertiary/aromatic N) is 2. The third kappa shape index (κ3) is 6.40. The fourth-order valence-corrected chi connectivity index (χ4v) is 3.41.